The van der Waals surface area contributed by atoms with E-state index in [2.05, 4.69) is 48.6 Å². The number of hydrogen-bond acceptors (Lipinski definition) is 1. The molecule has 0 N–H and O–H groups in total. The Morgan fingerprint density at radius 3 is 2.88 bits per heavy atom. The lowest BCUT2D eigenvalue weighted by Crippen LogP contribution is -2.33. The molecule has 0 saturated carbocycles. The summed E-state index contributed by atoms with van der Waals surface area (Å²) >= 11 is 0. The first-order valence-corrected chi connectivity index (χ1v) is 6.38. The molecule has 3 heteroatoms. The Bertz CT molecular complexity index is 283. The van der Waals surface area contributed by atoms with E-state index >= 15 is 0 Å². The van der Waals surface area contributed by atoms with Gasteiger partial charge in [-0.1, -0.05) is 33.6 Å². The van der Waals surface area contributed by atoms with Crippen molar-refractivity contribution >= 4 is 0 Å². The minimum atomic E-state index is 0.655. The molecule has 0 aliphatic carbocycles. The number of hydrogen-bond donors (Lipinski definition) is 0. The largest absolute Gasteiger partial charge is 0.341 e. The maximum atomic E-state index is 5.64. The highest BCUT2D eigenvalue weighted by Gasteiger charge is 2.04. The second kappa shape index (κ2) is 7.44. The Labute approximate surface area is 99.0 Å². The zero-order valence-corrected chi connectivity index (χ0v) is 10.9. The van der Waals surface area contributed by atoms with Crippen LogP contribution in [0.2, 0.25) is 0 Å². The second-order valence-electron chi connectivity index (χ2n) is 4.53. The van der Waals surface area contributed by atoms with Gasteiger partial charge in [-0.15, -0.1) is 0 Å². The van der Waals surface area contributed by atoms with Crippen LogP contribution in [0.1, 0.15) is 40.0 Å². The van der Waals surface area contributed by atoms with Gasteiger partial charge >= 0.3 is 0 Å². The minimum Gasteiger partial charge on any atom is -0.341 e. The van der Waals surface area contributed by atoms with Crippen LogP contribution >= 0.6 is 0 Å². The van der Waals surface area contributed by atoms with Gasteiger partial charge in [0.15, 0.2) is 6.73 Å². The predicted octanol–water partition coefficient (Wildman–Crippen LogP) is 2.60. The Morgan fingerprint density at radius 2 is 2.19 bits per heavy atom. The number of aryl methyl sites for hydroxylation is 1. The van der Waals surface area contributed by atoms with Crippen LogP contribution in [0.3, 0.4) is 0 Å². The van der Waals surface area contributed by atoms with Crippen molar-refractivity contribution < 1.29 is 9.30 Å². The summed E-state index contributed by atoms with van der Waals surface area (Å²) in [5, 5.41) is 0. The van der Waals surface area contributed by atoms with E-state index in [-0.39, 0.29) is 0 Å². The van der Waals surface area contributed by atoms with Crippen LogP contribution in [0, 0.1) is 5.92 Å². The molecule has 1 aromatic heterocycles. The minimum absolute atomic E-state index is 0.655. The van der Waals surface area contributed by atoms with Gasteiger partial charge in [-0.25, -0.2) is 9.13 Å². The third kappa shape index (κ3) is 4.79. The van der Waals surface area contributed by atoms with Gasteiger partial charge in [-0.3, -0.25) is 0 Å². The number of imidazole rings is 1. The van der Waals surface area contributed by atoms with Gasteiger partial charge in [0.2, 0.25) is 6.33 Å². The topological polar surface area (TPSA) is 18.0 Å². The lowest BCUT2D eigenvalue weighted by atomic mass is 10.1. The molecule has 1 aromatic rings. The highest BCUT2D eigenvalue weighted by atomic mass is 16.5. The first kappa shape index (κ1) is 13.2. The quantitative estimate of drug-likeness (QED) is 0.622. The Balaban J connectivity index is 2.23. The molecule has 0 saturated heterocycles. The third-order valence-electron chi connectivity index (χ3n) is 2.86. The molecular weight excluding hydrogens is 200 g/mol. The van der Waals surface area contributed by atoms with Crippen molar-refractivity contribution in [2.45, 2.75) is 53.3 Å². The Hall–Kier alpha value is -0.830. The summed E-state index contributed by atoms with van der Waals surface area (Å²) in [7, 11) is 0. The van der Waals surface area contributed by atoms with Gasteiger partial charge in [0.05, 0.1) is 13.2 Å². The van der Waals surface area contributed by atoms with Crippen LogP contribution in [0.4, 0.5) is 0 Å². The van der Waals surface area contributed by atoms with Gasteiger partial charge in [0.1, 0.15) is 12.4 Å². The van der Waals surface area contributed by atoms with Crippen molar-refractivity contribution in [3.05, 3.63) is 18.7 Å². The highest BCUT2D eigenvalue weighted by Crippen LogP contribution is 2.00. The number of aromatic nitrogens is 2. The van der Waals surface area contributed by atoms with E-state index in [1.807, 2.05) is 0 Å². The molecule has 0 amide bonds. The molecule has 1 atom stereocenters. The van der Waals surface area contributed by atoms with Gasteiger partial charge in [0.25, 0.3) is 0 Å². The van der Waals surface area contributed by atoms with E-state index in [0.717, 1.165) is 13.2 Å². The van der Waals surface area contributed by atoms with E-state index in [1.165, 1.54) is 19.3 Å². The molecule has 0 radical (unpaired) electrons. The summed E-state index contributed by atoms with van der Waals surface area (Å²) < 4.78 is 9.95. The fourth-order valence-electron chi connectivity index (χ4n) is 1.47. The maximum absolute atomic E-state index is 5.64. The second-order valence-corrected chi connectivity index (χ2v) is 4.53. The van der Waals surface area contributed by atoms with Crippen molar-refractivity contribution in [1.82, 2.24) is 4.57 Å². The molecule has 0 aliphatic rings. The predicted molar refractivity (Wildman–Crippen MR) is 64.9 cm³/mol. The number of nitrogens with zero attached hydrogens (tertiary/aromatic N) is 2. The number of unbranched alkanes of at least 4 members (excludes halogenated alkanes) is 1. The summed E-state index contributed by atoms with van der Waals surface area (Å²) in [5.74, 6) is 0.655. The smallest absolute Gasteiger partial charge is 0.245 e. The number of rotatable bonds is 8. The van der Waals surface area contributed by atoms with Gasteiger partial charge in [-0.05, 0) is 12.3 Å². The van der Waals surface area contributed by atoms with Crippen LogP contribution in [0.25, 0.3) is 0 Å². The molecule has 0 spiro atoms. The SMILES string of the molecule is CCCCn1cc[n+](COC[C@H](C)CC)c1. The summed E-state index contributed by atoms with van der Waals surface area (Å²) in [6, 6.07) is 0. The standard InChI is InChI=1S/C13H25N2O/c1-4-6-7-14-8-9-15(11-14)12-16-10-13(3)5-2/h8-9,11,13H,4-7,10,12H2,1-3H3/q+1/t13-/m1/s1. The first-order chi connectivity index (χ1) is 7.76. The Kier molecular flexibility index (Phi) is 6.16. The third-order valence-corrected chi connectivity index (χ3v) is 2.86. The fraction of sp³-hybridized carbons (Fsp3) is 0.769. The van der Waals surface area contributed by atoms with E-state index in [0.29, 0.717) is 12.6 Å². The molecule has 1 heterocycles. The van der Waals surface area contributed by atoms with Crippen LogP contribution < -0.4 is 4.57 Å². The average Bonchev–Trinajstić information content (AvgIpc) is 2.74. The van der Waals surface area contributed by atoms with E-state index in [1.54, 1.807) is 0 Å². The fourth-order valence-corrected chi connectivity index (χ4v) is 1.47. The summed E-state index contributed by atoms with van der Waals surface area (Å²) in [6.07, 6.45) is 9.97. The van der Waals surface area contributed by atoms with Crippen LogP contribution in [0.15, 0.2) is 18.7 Å². The average molecular weight is 225 g/mol. The van der Waals surface area contributed by atoms with E-state index in [4.69, 9.17) is 4.74 Å². The molecule has 0 fully saturated rings. The van der Waals surface area contributed by atoms with Crippen molar-refractivity contribution in [3.63, 3.8) is 0 Å². The summed E-state index contributed by atoms with van der Waals surface area (Å²) in [4.78, 5) is 0. The zero-order chi connectivity index (χ0) is 11.8. The molecule has 16 heavy (non-hydrogen) atoms. The van der Waals surface area contributed by atoms with Crippen molar-refractivity contribution in [1.29, 1.82) is 0 Å². The lowest BCUT2D eigenvalue weighted by molar-refractivity contribution is -0.732. The molecular formula is C13H25N2O+. The molecule has 0 aromatic carbocycles. The first-order valence-electron chi connectivity index (χ1n) is 6.38. The highest BCUT2D eigenvalue weighted by molar-refractivity contribution is 4.65. The van der Waals surface area contributed by atoms with Crippen LogP contribution in [-0.2, 0) is 18.0 Å². The zero-order valence-electron chi connectivity index (χ0n) is 10.9. The van der Waals surface area contributed by atoms with Gasteiger partial charge < -0.3 is 4.74 Å². The summed E-state index contributed by atoms with van der Waals surface area (Å²) in [6.45, 7) is 9.26. The Morgan fingerprint density at radius 1 is 1.38 bits per heavy atom. The number of ether oxygens (including phenoxy) is 1. The van der Waals surface area contributed by atoms with Crippen molar-refractivity contribution in [2.24, 2.45) is 5.92 Å². The molecule has 0 bridgehead atoms. The van der Waals surface area contributed by atoms with E-state index in [9.17, 15) is 0 Å². The normalized spacial score (nSPS) is 12.9. The lowest BCUT2D eigenvalue weighted by Gasteiger charge is -2.06. The molecule has 1 rings (SSSR count). The van der Waals surface area contributed by atoms with E-state index < -0.39 is 0 Å². The molecule has 92 valence electrons. The molecule has 0 unspecified atom stereocenters. The molecule has 0 aliphatic heterocycles. The van der Waals surface area contributed by atoms with Gasteiger partial charge in [-0.2, -0.15) is 0 Å². The maximum Gasteiger partial charge on any atom is 0.245 e. The molecule has 3 nitrogen and oxygen atoms in total. The van der Waals surface area contributed by atoms with Crippen LogP contribution in [0.5, 0.6) is 0 Å². The van der Waals surface area contributed by atoms with Crippen molar-refractivity contribution in [3.8, 4) is 0 Å². The van der Waals surface area contributed by atoms with Crippen LogP contribution in [-0.4, -0.2) is 11.2 Å². The monoisotopic (exact) mass is 225 g/mol. The van der Waals surface area contributed by atoms with Gasteiger partial charge in [0, 0.05) is 0 Å². The summed E-state index contributed by atoms with van der Waals surface area (Å²) in [5.41, 5.74) is 0. The van der Waals surface area contributed by atoms with Crippen molar-refractivity contribution in [2.75, 3.05) is 6.61 Å².